The van der Waals surface area contributed by atoms with Crippen LogP contribution in [0.2, 0.25) is 0 Å². The van der Waals surface area contributed by atoms with Crippen LogP contribution in [0.25, 0.3) is 10.9 Å². The van der Waals surface area contributed by atoms with E-state index in [1.165, 1.54) is 0 Å². The number of benzene rings is 1. The first-order valence-electron chi connectivity index (χ1n) is 6.30. The summed E-state index contributed by atoms with van der Waals surface area (Å²) in [6.45, 7) is 3.98. The standard InChI is InChI=1S/C15H19NO3/c1-9(7-14(17)18)15-10(2)16(3)13-6-5-11(19-4)8-12(13)15/h5-6,8-9H,7H2,1-4H3,(H,17,18). The van der Waals surface area contributed by atoms with Gasteiger partial charge in [0.15, 0.2) is 0 Å². The molecule has 0 fully saturated rings. The number of hydrogen-bond donors (Lipinski definition) is 1. The lowest BCUT2D eigenvalue weighted by Crippen LogP contribution is -2.04. The molecule has 1 aromatic heterocycles. The maximum atomic E-state index is 10.9. The number of aromatic nitrogens is 1. The lowest BCUT2D eigenvalue weighted by Gasteiger charge is -2.10. The zero-order chi connectivity index (χ0) is 14.2. The maximum absolute atomic E-state index is 10.9. The molecule has 1 aromatic carbocycles. The third-order valence-corrected chi connectivity index (χ3v) is 3.72. The summed E-state index contributed by atoms with van der Waals surface area (Å²) >= 11 is 0. The number of carbonyl (C=O) groups is 1. The van der Waals surface area contributed by atoms with Crippen LogP contribution in [0.3, 0.4) is 0 Å². The van der Waals surface area contributed by atoms with Gasteiger partial charge >= 0.3 is 5.97 Å². The Morgan fingerprint density at radius 3 is 2.74 bits per heavy atom. The first-order chi connectivity index (χ1) is 8.95. The van der Waals surface area contributed by atoms with Gasteiger partial charge in [-0.15, -0.1) is 0 Å². The summed E-state index contributed by atoms with van der Waals surface area (Å²) in [5.41, 5.74) is 3.31. The summed E-state index contributed by atoms with van der Waals surface area (Å²) in [4.78, 5) is 10.9. The van der Waals surface area contributed by atoms with Crippen molar-refractivity contribution in [3.63, 3.8) is 0 Å². The third kappa shape index (κ3) is 2.30. The van der Waals surface area contributed by atoms with E-state index >= 15 is 0 Å². The predicted molar refractivity (Wildman–Crippen MR) is 74.9 cm³/mol. The minimum Gasteiger partial charge on any atom is -0.497 e. The molecule has 0 aliphatic carbocycles. The van der Waals surface area contributed by atoms with Gasteiger partial charge in [0.1, 0.15) is 5.75 Å². The van der Waals surface area contributed by atoms with Crippen LogP contribution in [0, 0.1) is 6.92 Å². The molecule has 0 aliphatic heterocycles. The maximum Gasteiger partial charge on any atom is 0.303 e. The molecule has 0 saturated carbocycles. The molecule has 1 heterocycles. The van der Waals surface area contributed by atoms with Crippen LogP contribution in [0.15, 0.2) is 18.2 Å². The number of fused-ring (bicyclic) bond motifs is 1. The number of ether oxygens (including phenoxy) is 1. The van der Waals surface area contributed by atoms with E-state index < -0.39 is 5.97 Å². The van der Waals surface area contributed by atoms with Crippen molar-refractivity contribution < 1.29 is 14.6 Å². The van der Waals surface area contributed by atoms with Gasteiger partial charge in [-0.2, -0.15) is 0 Å². The molecule has 19 heavy (non-hydrogen) atoms. The van der Waals surface area contributed by atoms with Crippen molar-refractivity contribution >= 4 is 16.9 Å². The number of hydrogen-bond acceptors (Lipinski definition) is 2. The quantitative estimate of drug-likeness (QED) is 0.920. The van der Waals surface area contributed by atoms with Gasteiger partial charge in [-0.05, 0) is 36.6 Å². The van der Waals surface area contributed by atoms with Crippen LogP contribution in [0.5, 0.6) is 5.75 Å². The summed E-state index contributed by atoms with van der Waals surface area (Å²) in [6, 6.07) is 5.92. The van der Waals surface area contributed by atoms with Gasteiger partial charge < -0.3 is 14.4 Å². The number of carboxylic acids is 1. The second-order valence-corrected chi connectivity index (χ2v) is 4.94. The summed E-state index contributed by atoms with van der Waals surface area (Å²) in [5.74, 6) is 0.00183. The van der Waals surface area contributed by atoms with Crippen molar-refractivity contribution in [3.8, 4) is 5.75 Å². The highest BCUT2D eigenvalue weighted by Crippen LogP contribution is 2.34. The first-order valence-corrected chi connectivity index (χ1v) is 6.30. The Labute approximate surface area is 112 Å². The summed E-state index contributed by atoms with van der Waals surface area (Å²) < 4.78 is 7.36. The normalized spacial score (nSPS) is 12.6. The van der Waals surface area contributed by atoms with E-state index in [1.54, 1.807) is 7.11 Å². The van der Waals surface area contributed by atoms with Crippen LogP contribution < -0.4 is 4.74 Å². The molecule has 2 aromatic rings. The molecule has 0 spiro atoms. The topological polar surface area (TPSA) is 51.5 Å². The fraction of sp³-hybridized carbons (Fsp3) is 0.400. The highest BCUT2D eigenvalue weighted by molar-refractivity contribution is 5.88. The molecule has 0 saturated heterocycles. The number of rotatable bonds is 4. The van der Waals surface area contributed by atoms with Crippen molar-refractivity contribution in [3.05, 3.63) is 29.5 Å². The Morgan fingerprint density at radius 2 is 2.16 bits per heavy atom. The Kier molecular flexibility index (Phi) is 3.51. The second kappa shape index (κ2) is 4.96. The Hall–Kier alpha value is -1.97. The Morgan fingerprint density at radius 1 is 1.47 bits per heavy atom. The number of methoxy groups -OCH3 is 1. The molecule has 0 aliphatic rings. The fourth-order valence-corrected chi connectivity index (χ4v) is 2.69. The molecular weight excluding hydrogens is 242 g/mol. The average Bonchev–Trinajstić information content (AvgIpc) is 2.60. The molecule has 0 radical (unpaired) electrons. The summed E-state index contributed by atoms with van der Waals surface area (Å²) in [6.07, 6.45) is 0.136. The van der Waals surface area contributed by atoms with Crippen LogP contribution in [-0.2, 0) is 11.8 Å². The van der Waals surface area contributed by atoms with Crippen molar-refractivity contribution in [2.45, 2.75) is 26.2 Å². The minimum atomic E-state index is -0.771. The zero-order valence-electron chi connectivity index (χ0n) is 11.7. The van der Waals surface area contributed by atoms with Crippen LogP contribution in [0.4, 0.5) is 0 Å². The smallest absolute Gasteiger partial charge is 0.303 e. The number of aryl methyl sites for hydroxylation is 1. The SMILES string of the molecule is COc1ccc2c(c1)c(C(C)CC(=O)O)c(C)n2C. The Balaban J connectivity index is 2.64. The minimum absolute atomic E-state index is 0.0201. The first kappa shape index (κ1) is 13.5. The van der Waals surface area contributed by atoms with E-state index in [9.17, 15) is 4.79 Å². The highest BCUT2D eigenvalue weighted by atomic mass is 16.5. The van der Waals surface area contributed by atoms with E-state index in [0.29, 0.717) is 0 Å². The van der Waals surface area contributed by atoms with Gasteiger partial charge in [-0.1, -0.05) is 6.92 Å². The van der Waals surface area contributed by atoms with Crippen LogP contribution in [0.1, 0.15) is 30.5 Å². The number of aliphatic carboxylic acids is 1. The molecule has 4 heteroatoms. The van der Waals surface area contributed by atoms with E-state index in [4.69, 9.17) is 9.84 Å². The molecule has 0 amide bonds. The second-order valence-electron chi connectivity index (χ2n) is 4.94. The van der Waals surface area contributed by atoms with Gasteiger partial charge in [0.05, 0.1) is 13.5 Å². The van der Waals surface area contributed by atoms with Crippen molar-refractivity contribution in [2.75, 3.05) is 7.11 Å². The molecule has 2 rings (SSSR count). The van der Waals surface area contributed by atoms with E-state index in [1.807, 2.05) is 39.1 Å². The van der Waals surface area contributed by atoms with Crippen molar-refractivity contribution in [1.29, 1.82) is 0 Å². The molecule has 0 bridgehead atoms. The van der Waals surface area contributed by atoms with Gasteiger partial charge in [0.2, 0.25) is 0 Å². The molecule has 1 atom stereocenters. The van der Waals surface area contributed by atoms with E-state index in [-0.39, 0.29) is 12.3 Å². The van der Waals surface area contributed by atoms with Crippen molar-refractivity contribution in [1.82, 2.24) is 4.57 Å². The van der Waals surface area contributed by atoms with Gasteiger partial charge in [0, 0.05) is 23.6 Å². The van der Waals surface area contributed by atoms with E-state index in [2.05, 4.69) is 4.57 Å². The van der Waals surface area contributed by atoms with Crippen LogP contribution >= 0.6 is 0 Å². The largest absolute Gasteiger partial charge is 0.497 e. The summed E-state index contributed by atoms with van der Waals surface area (Å²) in [7, 11) is 3.64. The number of nitrogens with zero attached hydrogens (tertiary/aromatic N) is 1. The number of carboxylic acid groups (broad SMARTS) is 1. The summed E-state index contributed by atoms with van der Waals surface area (Å²) in [5, 5.41) is 10.1. The Bertz CT molecular complexity index is 628. The van der Waals surface area contributed by atoms with Gasteiger partial charge in [0.25, 0.3) is 0 Å². The zero-order valence-corrected chi connectivity index (χ0v) is 11.7. The monoisotopic (exact) mass is 261 g/mol. The van der Waals surface area contributed by atoms with Gasteiger partial charge in [-0.3, -0.25) is 4.79 Å². The molecule has 102 valence electrons. The predicted octanol–water partition coefficient (Wildman–Crippen LogP) is 3.07. The molecule has 4 nitrogen and oxygen atoms in total. The highest BCUT2D eigenvalue weighted by Gasteiger charge is 2.19. The molecule has 1 N–H and O–H groups in total. The lowest BCUT2D eigenvalue weighted by molar-refractivity contribution is -0.137. The van der Waals surface area contributed by atoms with Crippen LogP contribution in [-0.4, -0.2) is 22.8 Å². The van der Waals surface area contributed by atoms with Gasteiger partial charge in [-0.25, -0.2) is 0 Å². The fourth-order valence-electron chi connectivity index (χ4n) is 2.69. The lowest BCUT2D eigenvalue weighted by atomic mass is 9.95. The van der Waals surface area contributed by atoms with Crippen molar-refractivity contribution in [2.24, 2.45) is 7.05 Å². The molecular formula is C15H19NO3. The average molecular weight is 261 g/mol. The van der Waals surface area contributed by atoms with E-state index in [0.717, 1.165) is 27.9 Å². The molecule has 1 unspecified atom stereocenters. The third-order valence-electron chi connectivity index (χ3n) is 3.72.